The lowest BCUT2D eigenvalue weighted by Crippen LogP contribution is -2.22. The van der Waals surface area contributed by atoms with E-state index in [0.29, 0.717) is 27.4 Å². The van der Waals surface area contributed by atoms with Gasteiger partial charge in [0, 0.05) is 9.92 Å². The minimum Gasteiger partial charge on any atom is -0.268 e. The molecule has 138 valence electrons. The summed E-state index contributed by atoms with van der Waals surface area (Å²) in [6.07, 6.45) is 5.87. The Labute approximate surface area is 172 Å². The van der Waals surface area contributed by atoms with Crippen LogP contribution in [0.2, 0.25) is 5.02 Å². The maximum atomic E-state index is 13.2. The van der Waals surface area contributed by atoms with Crippen LogP contribution in [-0.4, -0.2) is 15.8 Å². The van der Waals surface area contributed by atoms with Gasteiger partial charge in [0.15, 0.2) is 0 Å². The van der Waals surface area contributed by atoms with Crippen molar-refractivity contribution in [3.05, 3.63) is 99.6 Å². The van der Waals surface area contributed by atoms with E-state index in [-0.39, 0.29) is 5.56 Å². The normalized spacial score (nSPS) is 11.4. The number of thioether (sulfide) groups is 1. The third kappa shape index (κ3) is 3.75. The minimum absolute atomic E-state index is 0.120. The minimum atomic E-state index is -0.120. The van der Waals surface area contributed by atoms with Gasteiger partial charge >= 0.3 is 0 Å². The number of hydrogen-bond acceptors (Lipinski definition) is 3. The van der Waals surface area contributed by atoms with Crippen molar-refractivity contribution in [1.82, 2.24) is 9.55 Å². The predicted octanol–water partition coefficient (Wildman–Crippen LogP) is 5.93. The van der Waals surface area contributed by atoms with Crippen molar-refractivity contribution in [1.29, 1.82) is 0 Å². The van der Waals surface area contributed by atoms with Gasteiger partial charge in [0.2, 0.25) is 0 Å². The van der Waals surface area contributed by atoms with E-state index in [1.54, 1.807) is 34.5 Å². The molecule has 1 heterocycles. The molecule has 1 aromatic heterocycles. The van der Waals surface area contributed by atoms with Crippen LogP contribution in [0, 0.1) is 0 Å². The molecule has 0 saturated carbocycles. The Bertz CT molecular complexity index is 1230. The maximum Gasteiger partial charge on any atom is 0.266 e. The Morgan fingerprint density at radius 3 is 2.50 bits per heavy atom. The number of para-hydroxylation sites is 1. The Balaban J connectivity index is 1.89. The summed E-state index contributed by atoms with van der Waals surface area (Å²) in [4.78, 5) is 19.1. The van der Waals surface area contributed by atoms with Crippen LogP contribution in [0.3, 0.4) is 0 Å². The smallest absolute Gasteiger partial charge is 0.266 e. The SMILES string of the molecule is CSc1ccc(C=Cc2nc3ccccc3c(=O)n2-c2cccc(Cl)c2)cc1. The summed E-state index contributed by atoms with van der Waals surface area (Å²) in [5.41, 5.74) is 2.28. The highest BCUT2D eigenvalue weighted by Gasteiger charge is 2.11. The lowest BCUT2D eigenvalue weighted by Gasteiger charge is -2.11. The highest BCUT2D eigenvalue weighted by atomic mass is 35.5. The van der Waals surface area contributed by atoms with Crippen LogP contribution in [0.4, 0.5) is 0 Å². The second-order valence-electron chi connectivity index (χ2n) is 6.21. The summed E-state index contributed by atoms with van der Waals surface area (Å²) in [5.74, 6) is 0.555. The number of halogens is 1. The van der Waals surface area contributed by atoms with Crippen LogP contribution in [0.25, 0.3) is 28.7 Å². The second kappa shape index (κ2) is 8.05. The van der Waals surface area contributed by atoms with E-state index in [9.17, 15) is 4.79 Å². The van der Waals surface area contributed by atoms with E-state index in [1.807, 2.05) is 60.9 Å². The Morgan fingerprint density at radius 2 is 1.75 bits per heavy atom. The van der Waals surface area contributed by atoms with E-state index in [2.05, 4.69) is 12.1 Å². The highest BCUT2D eigenvalue weighted by Crippen LogP contribution is 2.19. The maximum absolute atomic E-state index is 13.2. The van der Waals surface area contributed by atoms with Gasteiger partial charge in [-0.2, -0.15) is 0 Å². The molecule has 0 bridgehead atoms. The number of fused-ring (bicyclic) bond motifs is 1. The lowest BCUT2D eigenvalue weighted by molar-refractivity contribution is 0.944. The molecule has 0 aliphatic rings. The van der Waals surface area contributed by atoms with Crippen LogP contribution in [0.15, 0.2) is 82.5 Å². The summed E-state index contributed by atoms with van der Waals surface area (Å²) >= 11 is 7.87. The Morgan fingerprint density at radius 1 is 0.964 bits per heavy atom. The van der Waals surface area contributed by atoms with Gasteiger partial charge in [-0.05, 0) is 60.4 Å². The highest BCUT2D eigenvalue weighted by molar-refractivity contribution is 7.98. The van der Waals surface area contributed by atoms with Crippen LogP contribution in [-0.2, 0) is 0 Å². The van der Waals surface area contributed by atoms with Gasteiger partial charge in [0.1, 0.15) is 5.82 Å². The summed E-state index contributed by atoms with van der Waals surface area (Å²) < 4.78 is 1.60. The molecule has 0 aliphatic carbocycles. The zero-order chi connectivity index (χ0) is 19.5. The van der Waals surface area contributed by atoms with Crippen molar-refractivity contribution in [3.8, 4) is 5.69 Å². The van der Waals surface area contributed by atoms with Gasteiger partial charge in [-0.1, -0.05) is 48.0 Å². The summed E-state index contributed by atoms with van der Waals surface area (Å²) in [7, 11) is 0. The van der Waals surface area contributed by atoms with Crippen LogP contribution >= 0.6 is 23.4 Å². The van der Waals surface area contributed by atoms with Crippen molar-refractivity contribution in [2.75, 3.05) is 6.26 Å². The lowest BCUT2D eigenvalue weighted by atomic mass is 10.2. The molecule has 3 nitrogen and oxygen atoms in total. The fourth-order valence-electron chi connectivity index (χ4n) is 3.01. The molecule has 0 fully saturated rings. The number of hydrogen-bond donors (Lipinski definition) is 0. The van der Waals surface area contributed by atoms with E-state index < -0.39 is 0 Å². The van der Waals surface area contributed by atoms with Crippen molar-refractivity contribution in [2.45, 2.75) is 4.90 Å². The largest absolute Gasteiger partial charge is 0.268 e. The molecule has 4 aromatic rings. The quantitative estimate of drug-likeness (QED) is 0.395. The van der Waals surface area contributed by atoms with Crippen molar-refractivity contribution >= 4 is 46.4 Å². The molecule has 5 heteroatoms. The fraction of sp³-hybridized carbons (Fsp3) is 0.0435. The first kappa shape index (κ1) is 18.5. The molecule has 0 unspecified atom stereocenters. The average molecular weight is 405 g/mol. The average Bonchev–Trinajstić information content (AvgIpc) is 2.73. The molecule has 0 N–H and O–H groups in total. The zero-order valence-corrected chi connectivity index (χ0v) is 16.7. The Hall–Kier alpha value is -2.82. The van der Waals surface area contributed by atoms with Gasteiger partial charge in [0.25, 0.3) is 5.56 Å². The first-order valence-corrected chi connectivity index (χ1v) is 10.4. The topological polar surface area (TPSA) is 34.9 Å². The summed E-state index contributed by atoms with van der Waals surface area (Å²) in [6.45, 7) is 0. The van der Waals surface area contributed by atoms with E-state index in [1.165, 1.54) is 4.90 Å². The first-order chi connectivity index (χ1) is 13.7. The molecule has 3 aromatic carbocycles. The molecule has 0 radical (unpaired) electrons. The molecule has 0 saturated heterocycles. The van der Waals surface area contributed by atoms with Crippen molar-refractivity contribution in [2.24, 2.45) is 0 Å². The summed E-state index contributed by atoms with van der Waals surface area (Å²) in [6, 6.07) is 22.8. The van der Waals surface area contributed by atoms with E-state index >= 15 is 0 Å². The third-order valence-electron chi connectivity index (χ3n) is 4.41. The van der Waals surface area contributed by atoms with E-state index in [4.69, 9.17) is 16.6 Å². The zero-order valence-electron chi connectivity index (χ0n) is 15.2. The molecule has 0 spiro atoms. The van der Waals surface area contributed by atoms with E-state index in [0.717, 1.165) is 5.56 Å². The second-order valence-corrected chi connectivity index (χ2v) is 7.53. The number of aromatic nitrogens is 2. The third-order valence-corrected chi connectivity index (χ3v) is 5.39. The molecule has 0 aliphatic heterocycles. The predicted molar refractivity (Wildman–Crippen MR) is 120 cm³/mol. The van der Waals surface area contributed by atoms with Crippen LogP contribution < -0.4 is 5.56 Å². The fourth-order valence-corrected chi connectivity index (χ4v) is 3.60. The van der Waals surface area contributed by atoms with Gasteiger partial charge in [-0.3, -0.25) is 9.36 Å². The number of benzene rings is 3. The van der Waals surface area contributed by atoms with Gasteiger partial charge in [0.05, 0.1) is 16.6 Å². The molecule has 0 amide bonds. The molecule has 4 rings (SSSR count). The molecule has 28 heavy (non-hydrogen) atoms. The standard InChI is InChI=1S/C23H17ClN2OS/c1-28-19-12-9-16(10-13-19)11-14-22-25-21-8-3-2-7-20(21)23(27)26(22)18-6-4-5-17(24)15-18/h2-15H,1H3. The molecule has 0 atom stereocenters. The first-order valence-electron chi connectivity index (χ1n) is 8.75. The van der Waals surface area contributed by atoms with Crippen LogP contribution in [0.5, 0.6) is 0 Å². The Kier molecular flexibility index (Phi) is 5.33. The van der Waals surface area contributed by atoms with Gasteiger partial charge in [-0.25, -0.2) is 4.98 Å². The molecular weight excluding hydrogens is 388 g/mol. The molecular formula is C23H17ClN2OS. The number of nitrogens with zero attached hydrogens (tertiary/aromatic N) is 2. The number of rotatable bonds is 4. The van der Waals surface area contributed by atoms with Crippen molar-refractivity contribution < 1.29 is 0 Å². The van der Waals surface area contributed by atoms with Crippen LogP contribution in [0.1, 0.15) is 11.4 Å². The monoisotopic (exact) mass is 404 g/mol. The summed E-state index contributed by atoms with van der Waals surface area (Å²) in [5, 5.41) is 1.14. The van der Waals surface area contributed by atoms with Gasteiger partial charge in [-0.15, -0.1) is 11.8 Å². The van der Waals surface area contributed by atoms with Gasteiger partial charge < -0.3 is 0 Å². The van der Waals surface area contributed by atoms with Crippen molar-refractivity contribution in [3.63, 3.8) is 0 Å².